The minimum Gasteiger partial charge on any atom is -0.449 e. The largest absolute Gasteiger partial charge is 0.449 e. The Labute approximate surface area is 123 Å². The van der Waals surface area contributed by atoms with E-state index in [0.717, 1.165) is 27.5 Å². The van der Waals surface area contributed by atoms with E-state index in [1.54, 1.807) is 0 Å². The Morgan fingerprint density at radius 2 is 1.71 bits per heavy atom. The van der Waals surface area contributed by atoms with Crippen LogP contribution in [0.25, 0.3) is 10.8 Å². The van der Waals surface area contributed by atoms with E-state index in [9.17, 15) is 4.79 Å². The summed E-state index contributed by atoms with van der Waals surface area (Å²) in [5, 5.41) is 2.29. The number of cyclic esters (lactones) is 1. The van der Waals surface area contributed by atoms with Crippen molar-refractivity contribution in [1.82, 2.24) is 0 Å². The summed E-state index contributed by atoms with van der Waals surface area (Å²) < 4.78 is 5.64. The molecule has 1 aliphatic rings. The van der Waals surface area contributed by atoms with Crippen LogP contribution in [-0.2, 0) is 4.74 Å². The quantitative estimate of drug-likeness (QED) is 0.614. The van der Waals surface area contributed by atoms with Gasteiger partial charge in [-0.3, -0.25) is 0 Å². The predicted octanol–water partition coefficient (Wildman–Crippen LogP) is 4.41. The zero-order valence-corrected chi connectivity index (χ0v) is 11.7. The molecule has 1 atom stereocenters. The third-order valence-corrected chi connectivity index (χ3v) is 4.04. The molecule has 0 spiro atoms. The molecule has 0 saturated carbocycles. The van der Waals surface area contributed by atoms with Crippen LogP contribution in [0.1, 0.15) is 33.2 Å². The van der Waals surface area contributed by atoms with E-state index in [4.69, 9.17) is 4.74 Å². The van der Waals surface area contributed by atoms with E-state index in [-0.39, 0.29) is 12.1 Å². The normalized spacial score (nSPS) is 16.8. The highest BCUT2D eigenvalue weighted by molar-refractivity contribution is 5.96. The van der Waals surface area contributed by atoms with E-state index in [2.05, 4.69) is 18.2 Å². The molecule has 1 aliphatic heterocycles. The molecule has 0 N–H and O–H groups in total. The molecule has 0 bridgehead atoms. The van der Waals surface area contributed by atoms with E-state index >= 15 is 0 Å². The number of carbonyl (C=O) groups excluding carboxylic acids is 1. The number of esters is 1. The minimum atomic E-state index is -0.307. The van der Waals surface area contributed by atoms with Crippen molar-refractivity contribution in [2.75, 3.05) is 0 Å². The van der Waals surface area contributed by atoms with Gasteiger partial charge in [-0.15, -0.1) is 0 Å². The van der Waals surface area contributed by atoms with Crippen molar-refractivity contribution in [2.45, 2.75) is 13.0 Å². The van der Waals surface area contributed by atoms with Gasteiger partial charge in [0.25, 0.3) is 0 Å². The molecule has 3 aromatic carbocycles. The van der Waals surface area contributed by atoms with Gasteiger partial charge >= 0.3 is 5.97 Å². The standard InChI is InChI=1S/C19H14O2/c1-12-9-10-16-17(11-12)18(21-19(16)20)15-8-4-6-13-5-2-3-7-14(13)15/h2-11,18H,1H3. The van der Waals surface area contributed by atoms with Gasteiger partial charge in [0.1, 0.15) is 0 Å². The zero-order valence-electron chi connectivity index (χ0n) is 11.7. The highest BCUT2D eigenvalue weighted by Gasteiger charge is 2.32. The van der Waals surface area contributed by atoms with Gasteiger partial charge in [-0.25, -0.2) is 4.79 Å². The van der Waals surface area contributed by atoms with Gasteiger partial charge in [-0.1, -0.05) is 60.2 Å². The van der Waals surface area contributed by atoms with Crippen LogP contribution >= 0.6 is 0 Å². The molecular weight excluding hydrogens is 260 g/mol. The van der Waals surface area contributed by atoms with Crippen molar-refractivity contribution in [2.24, 2.45) is 0 Å². The van der Waals surface area contributed by atoms with Crippen molar-refractivity contribution >= 4 is 16.7 Å². The molecule has 1 heterocycles. The molecule has 102 valence electrons. The van der Waals surface area contributed by atoms with Crippen LogP contribution in [0.3, 0.4) is 0 Å². The third-order valence-electron chi connectivity index (χ3n) is 4.04. The van der Waals surface area contributed by atoms with Gasteiger partial charge in [-0.05, 0) is 23.8 Å². The monoisotopic (exact) mass is 274 g/mol. The molecule has 2 nitrogen and oxygen atoms in total. The Morgan fingerprint density at radius 3 is 2.62 bits per heavy atom. The summed E-state index contributed by atoms with van der Waals surface area (Å²) in [6.45, 7) is 2.03. The Kier molecular flexibility index (Phi) is 2.58. The number of ether oxygens (including phenoxy) is 1. The zero-order chi connectivity index (χ0) is 14.4. The van der Waals surface area contributed by atoms with Gasteiger partial charge in [0.05, 0.1) is 5.56 Å². The minimum absolute atomic E-state index is 0.233. The topological polar surface area (TPSA) is 26.3 Å². The first-order valence-electron chi connectivity index (χ1n) is 7.03. The van der Waals surface area contributed by atoms with Crippen LogP contribution in [0.2, 0.25) is 0 Å². The Morgan fingerprint density at radius 1 is 0.905 bits per heavy atom. The van der Waals surface area contributed by atoms with E-state index < -0.39 is 0 Å². The molecule has 0 fully saturated rings. The second kappa shape index (κ2) is 4.45. The molecular formula is C19H14O2. The summed E-state index contributed by atoms with van der Waals surface area (Å²) in [6, 6.07) is 20.2. The van der Waals surface area contributed by atoms with Crippen LogP contribution in [0.15, 0.2) is 60.7 Å². The van der Waals surface area contributed by atoms with Crippen molar-refractivity contribution in [3.63, 3.8) is 0 Å². The van der Waals surface area contributed by atoms with Crippen molar-refractivity contribution < 1.29 is 9.53 Å². The van der Waals surface area contributed by atoms with Gasteiger partial charge in [0, 0.05) is 11.1 Å². The third kappa shape index (κ3) is 1.83. The van der Waals surface area contributed by atoms with Crippen molar-refractivity contribution in [3.05, 3.63) is 82.9 Å². The SMILES string of the molecule is Cc1ccc2c(c1)C(c1cccc3ccccc13)OC2=O. The van der Waals surface area contributed by atoms with Gasteiger partial charge in [0.15, 0.2) is 6.10 Å². The lowest BCUT2D eigenvalue weighted by Gasteiger charge is -2.14. The van der Waals surface area contributed by atoms with Crippen LogP contribution < -0.4 is 0 Å². The highest BCUT2D eigenvalue weighted by Crippen LogP contribution is 2.39. The van der Waals surface area contributed by atoms with Gasteiger partial charge < -0.3 is 4.74 Å². The van der Waals surface area contributed by atoms with Crippen LogP contribution in [-0.4, -0.2) is 5.97 Å². The Balaban J connectivity index is 1.96. The fourth-order valence-corrected chi connectivity index (χ4v) is 3.03. The maximum atomic E-state index is 12.1. The summed E-state index contributed by atoms with van der Waals surface area (Å²) >= 11 is 0. The first-order chi connectivity index (χ1) is 10.2. The average molecular weight is 274 g/mol. The predicted molar refractivity (Wildman–Crippen MR) is 82.4 cm³/mol. The van der Waals surface area contributed by atoms with Crippen molar-refractivity contribution in [3.8, 4) is 0 Å². The van der Waals surface area contributed by atoms with Crippen LogP contribution in [0.5, 0.6) is 0 Å². The van der Waals surface area contributed by atoms with Gasteiger partial charge in [0.2, 0.25) is 0 Å². The number of benzene rings is 3. The molecule has 0 saturated heterocycles. The molecule has 0 aliphatic carbocycles. The number of hydrogen-bond acceptors (Lipinski definition) is 2. The summed E-state index contributed by atoms with van der Waals surface area (Å²) in [4.78, 5) is 12.1. The number of fused-ring (bicyclic) bond motifs is 2. The number of carbonyl (C=O) groups is 1. The fourth-order valence-electron chi connectivity index (χ4n) is 3.03. The van der Waals surface area contributed by atoms with E-state index in [1.807, 2.05) is 49.4 Å². The van der Waals surface area contributed by atoms with Crippen LogP contribution in [0.4, 0.5) is 0 Å². The maximum Gasteiger partial charge on any atom is 0.339 e. The van der Waals surface area contributed by atoms with Gasteiger partial charge in [-0.2, -0.15) is 0 Å². The van der Waals surface area contributed by atoms with E-state index in [1.165, 1.54) is 0 Å². The lowest BCUT2D eigenvalue weighted by Crippen LogP contribution is -2.01. The molecule has 4 rings (SSSR count). The second-order valence-electron chi connectivity index (χ2n) is 5.44. The lowest BCUT2D eigenvalue weighted by molar-refractivity contribution is 0.0458. The molecule has 1 unspecified atom stereocenters. The lowest BCUT2D eigenvalue weighted by atomic mass is 9.94. The first kappa shape index (κ1) is 12.2. The first-order valence-corrected chi connectivity index (χ1v) is 7.03. The van der Waals surface area contributed by atoms with Crippen molar-refractivity contribution in [1.29, 1.82) is 0 Å². The van der Waals surface area contributed by atoms with Crippen LogP contribution in [0, 0.1) is 6.92 Å². The molecule has 0 radical (unpaired) electrons. The summed E-state index contributed by atoms with van der Waals surface area (Å²) in [6.07, 6.45) is -0.307. The van der Waals surface area contributed by atoms with E-state index in [0.29, 0.717) is 5.56 Å². The number of rotatable bonds is 1. The molecule has 0 amide bonds. The second-order valence-corrected chi connectivity index (χ2v) is 5.44. The molecule has 3 aromatic rings. The fraction of sp³-hybridized carbons (Fsp3) is 0.105. The summed E-state index contributed by atoms with van der Waals surface area (Å²) in [7, 11) is 0. The smallest absolute Gasteiger partial charge is 0.339 e. The Hall–Kier alpha value is -2.61. The Bertz CT molecular complexity index is 859. The molecule has 0 aromatic heterocycles. The summed E-state index contributed by atoms with van der Waals surface area (Å²) in [5.74, 6) is -0.233. The molecule has 21 heavy (non-hydrogen) atoms. The molecule has 2 heteroatoms. The maximum absolute atomic E-state index is 12.1. The summed E-state index contributed by atoms with van der Waals surface area (Å²) in [5.41, 5.74) is 3.83. The highest BCUT2D eigenvalue weighted by atomic mass is 16.5. The average Bonchev–Trinajstić information content (AvgIpc) is 2.83. The number of aryl methyl sites for hydroxylation is 1. The number of hydrogen-bond donors (Lipinski definition) is 0.